The van der Waals surface area contributed by atoms with Crippen molar-refractivity contribution in [2.45, 2.75) is 46.0 Å². The molecule has 0 aromatic carbocycles. The summed E-state index contributed by atoms with van der Waals surface area (Å²) in [6.07, 6.45) is -0.203. The molecule has 1 heterocycles. The van der Waals surface area contributed by atoms with Crippen molar-refractivity contribution in [1.82, 2.24) is 9.80 Å². The second kappa shape index (κ2) is 6.64. The molecule has 1 aliphatic heterocycles. The molecule has 0 aromatic heterocycles. The highest BCUT2D eigenvalue weighted by atomic mass is 28.3. The maximum atomic E-state index is 11.9. The fourth-order valence-electron chi connectivity index (χ4n) is 1.83. The predicted molar refractivity (Wildman–Crippen MR) is 85.4 cm³/mol. The normalized spacial score (nSPS) is 17.4. The van der Waals surface area contributed by atoms with Crippen LogP contribution >= 0.6 is 0 Å². The summed E-state index contributed by atoms with van der Waals surface area (Å²) >= 11 is 0. The van der Waals surface area contributed by atoms with E-state index in [9.17, 15) is 4.79 Å². The van der Waals surface area contributed by atoms with Crippen LogP contribution in [0.1, 0.15) is 20.8 Å². The van der Waals surface area contributed by atoms with E-state index in [1.165, 1.54) is 0 Å². The van der Waals surface area contributed by atoms with E-state index in [-0.39, 0.29) is 6.09 Å². The molecular formula is C15H28N2O2Si. The number of ether oxygens (including phenoxy) is 1. The zero-order valence-electron chi connectivity index (χ0n) is 13.7. The van der Waals surface area contributed by atoms with Gasteiger partial charge in [-0.25, -0.2) is 4.79 Å². The molecule has 0 aromatic rings. The molecule has 20 heavy (non-hydrogen) atoms. The summed E-state index contributed by atoms with van der Waals surface area (Å²) < 4.78 is 5.38. The molecule has 0 bridgehead atoms. The van der Waals surface area contributed by atoms with E-state index in [1.807, 2.05) is 20.8 Å². The number of piperazine rings is 1. The molecule has 4 nitrogen and oxygen atoms in total. The number of nitrogens with zero attached hydrogens (tertiary/aromatic N) is 2. The summed E-state index contributed by atoms with van der Waals surface area (Å²) in [6, 6.07) is 0. The van der Waals surface area contributed by atoms with Crippen LogP contribution in [-0.2, 0) is 4.74 Å². The summed E-state index contributed by atoms with van der Waals surface area (Å²) in [7, 11) is -1.27. The summed E-state index contributed by atoms with van der Waals surface area (Å²) in [4.78, 5) is 16.0. The highest BCUT2D eigenvalue weighted by Crippen LogP contribution is 2.11. The maximum absolute atomic E-state index is 11.9. The second-order valence-electron chi connectivity index (χ2n) is 7.30. The van der Waals surface area contributed by atoms with Crippen molar-refractivity contribution in [3.05, 3.63) is 0 Å². The summed E-state index contributed by atoms with van der Waals surface area (Å²) in [6.45, 7) is 16.5. The lowest BCUT2D eigenvalue weighted by Crippen LogP contribution is -2.50. The first-order valence-corrected chi connectivity index (χ1v) is 10.8. The molecule has 0 aliphatic carbocycles. The Morgan fingerprint density at radius 1 is 1.15 bits per heavy atom. The zero-order chi connectivity index (χ0) is 15.4. The molecule has 0 spiro atoms. The number of hydrogen-bond acceptors (Lipinski definition) is 3. The monoisotopic (exact) mass is 296 g/mol. The fourth-order valence-corrected chi connectivity index (χ4v) is 2.44. The van der Waals surface area contributed by atoms with Gasteiger partial charge < -0.3 is 9.64 Å². The van der Waals surface area contributed by atoms with E-state index >= 15 is 0 Å². The van der Waals surface area contributed by atoms with Crippen LogP contribution in [0.4, 0.5) is 4.79 Å². The van der Waals surface area contributed by atoms with Crippen LogP contribution in [0.25, 0.3) is 0 Å². The Morgan fingerprint density at radius 2 is 1.70 bits per heavy atom. The third-order valence-corrected chi connectivity index (χ3v) is 3.72. The molecule has 1 amide bonds. The number of rotatable bonds is 1. The van der Waals surface area contributed by atoms with Crippen LogP contribution in [-0.4, -0.2) is 62.3 Å². The quantitative estimate of drug-likeness (QED) is 0.550. The van der Waals surface area contributed by atoms with Crippen molar-refractivity contribution in [3.8, 4) is 11.5 Å². The van der Waals surface area contributed by atoms with Crippen LogP contribution in [0.2, 0.25) is 19.6 Å². The first kappa shape index (κ1) is 17.1. The van der Waals surface area contributed by atoms with Crippen molar-refractivity contribution in [2.24, 2.45) is 0 Å². The molecule has 0 saturated carbocycles. The Bertz CT molecular complexity index is 391. The fraction of sp³-hybridized carbons (Fsp3) is 0.800. The molecule has 0 atom stereocenters. The first-order chi connectivity index (χ1) is 9.07. The maximum Gasteiger partial charge on any atom is 0.410 e. The largest absolute Gasteiger partial charge is 0.444 e. The van der Waals surface area contributed by atoms with Gasteiger partial charge in [0.1, 0.15) is 13.7 Å². The van der Waals surface area contributed by atoms with E-state index in [0.717, 1.165) is 32.7 Å². The van der Waals surface area contributed by atoms with E-state index < -0.39 is 13.7 Å². The highest BCUT2D eigenvalue weighted by molar-refractivity contribution is 6.83. The van der Waals surface area contributed by atoms with Crippen molar-refractivity contribution >= 4 is 14.2 Å². The lowest BCUT2D eigenvalue weighted by atomic mass is 10.2. The Labute approximate surface area is 124 Å². The van der Waals surface area contributed by atoms with Gasteiger partial charge in [0.15, 0.2) is 0 Å². The topological polar surface area (TPSA) is 32.8 Å². The van der Waals surface area contributed by atoms with Gasteiger partial charge in [-0.2, -0.15) is 0 Å². The number of carbonyl (C=O) groups excluding carboxylic acids is 1. The molecule has 5 heteroatoms. The Balaban J connectivity index is 2.36. The molecule has 0 radical (unpaired) electrons. The van der Waals surface area contributed by atoms with Crippen LogP contribution in [0.15, 0.2) is 0 Å². The predicted octanol–water partition coefficient (Wildman–Crippen LogP) is 2.42. The molecule has 1 fully saturated rings. The Kier molecular flexibility index (Phi) is 5.66. The smallest absolute Gasteiger partial charge is 0.410 e. The van der Waals surface area contributed by atoms with Gasteiger partial charge in [-0.1, -0.05) is 25.6 Å². The van der Waals surface area contributed by atoms with Crippen molar-refractivity contribution < 1.29 is 9.53 Å². The van der Waals surface area contributed by atoms with Crippen LogP contribution in [0.3, 0.4) is 0 Å². The van der Waals surface area contributed by atoms with E-state index in [4.69, 9.17) is 4.74 Å². The van der Waals surface area contributed by atoms with Gasteiger partial charge in [-0.3, -0.25) is 4.90 Å². The van der Waals surface area contributed by atoms with E-state index in [1.54, 1.807) is 4.90 Å². The number of carbonyl (C=O) groups is 1. The number of amides is 1. The minimum absolute atomic E-state index is 0.203. The lowest BCUT2D eigenvalue weighted by molar-refractivity contribution is 0.0155. The van der Waals surface area contributed by atoms with Gasteiger partial charge in [-0.15, -0.1) is 5.54 Å². The van der Waals surface area contributed by atoms with Crippen LogP contribution < -0.4 is 0 Å². The van der Waals surface area contributed by atoms with Gasteiger partial charge in [-0.05, 0) is 20.8 Å². The molecule has 114 valence electrons. The average molecular weight is 296 g/mol. The van der Waals surface area contributed by atoms with Gasteiger partial charge in [0.2, 0.25) is 0 Å². The lowest BCUT2D eigenvalue weighted by Gasteiger charge is -2.34. The van der Waals surface area contributed by atoms with Crippen LogP contribution in [0, 0.1) is 11.5 Å². The van der Waals surface area contributed by atoms with Crippen molar-refractivity contribution in [2.75, 3.05) is 32.7 Å². The van der Waals surface area contributed by atoms with Crippen molar-refractivity contribution in [3.63, 3.8) is 0 Å². The summed E-state index contributed by atoms with van der Waals surface area (Å²) in [5, 5.41) is 0. The van der Waals surface area contributed by atoms with Gasteiger partial charge in [0.25, 0.3) is 0 Å². The molecular weight excluding hydrogens is 268 g/mol. The molecule has 1 saturated heterocycles. The van der Waals surface area contributed by atoms with E-state index in [2.05, 4.69) is 36.0 Å². The van der Waals surface area contributed by atoms with Crippen LogP contribution in [0.5, 0.6) is 0 Å². The molecule has 0 unspecified atom stereocenters. The summed E-state index contributed by atoms with van der Waals surface area (Å²) in [5.41, 5.74) is 2.96. The third-order valence-electron chi connectivity index (χ3n) is 2.79. The zero-order valence-corrected chi connectivity index (χ0v) is 14.7. The molecule has 1 aliphatic rings. The number of hydrogen-bond donors (Lipinski definition) is 0. The van der Waals surface area contributed by atoms with Gasteiger partial charge in [0, 0.05) is 26.2 Å². The van der Waals surface area contributed by atoms with Crippen molar-refractivity contribution in [1.29, 1.82) is 0 Å². The molecule has 0 N–H and O–H groups in total. The Hall–Kier alpha value is -0.993. The highest BCUT2D eigenvalue weighted by Gasteiger charge is 2.25. The second-order valence-corrected chi connectivity index (χ2v) is 12.0. The SMILES string of the molecule is CC(C)(C)OC(=O)N1CCN(CC#C[Si](C)(C)C)CC1. The van der Waals surface area contributed by atoms with Gasteiger partial charge >= 0.3 is 6.09 Å². The average Bonchev–Trinajstić information content (AvgIpc) is 2.25. The van der Waals surface area contributed by atoms with Gasteiger partial charge in [0.05, 0.1) is 6.54 Å². The summed E-state index contributed by atoms with van der Waals surface area (Å²) in [5.74, 6) is 3.28. The Morgan fingerprint density at radius 3 is 2.15 bits per heavy atom. The molecule has 1 rings (SSSR count). The first-order valence-electron chi connectivity index (χ1n) is 7.27. The third kappa shape index (κ3) is 6.97. The minimum atomic E-state index is -1.27. The minimum Gasteiger partial charge on any atom is -0.444 e. The standard InChI is InChI=1S/C15H28N2O2Si/c1-15(2,3)19-14(18)17-11-9-16(10-12-17)8-7-13-20(4,5)6/h8-12H2,1-6H3. The van der Waals surface area contributed by atoms with E-state index in [0.29, 0.717) is 0 Å².